The Labute approximate surface area is 153 Å². The van der Waals surface area contributed by atoms with Crippen LogP contribution in [0, 0.1) is 6.92 Å². The number of carbonyl (C=O) groups is 1. The van der Waals surface area contributed by atoms with Gasteiger partial charge in [-0.25, -0.2) is 4.68 Å². The summed E-state index contributed by atoms with van der Waals surface area (Å²) in [6, 6.07) is 19.0. The van der Waals surface area contributed by atoms with Gasteiger partial charge in [0.05, 0.1) is 23.4 Å². The normalized spacial score (nSPS) is 13.2. The Hall–Kier alpha value is -2.92. The summed E-state index contributed by atoms with van der Waals surface area (Å²) in [5, 5.41) is 17.9. The van der Waals surface area contributed by atoms with Gasteiger partial charge in [-0.05, 0) is 37.1 Å². The molecule has 3 rings (SSSR count). The minimum Gasteiger partial charge on any atom is -0.385 e. The lowest BCUT2D eigenvalue weighted by atomic mass is 9.92. The van der Waals surface area contributed by atoms with E-state index in [0.29, 0.717) is 6.54 Å². The lowest BCUT2D eigenvalue weighted by Gasteiger charge is -2.23. The first kappa shape index (κ1) is 17.9. The SMILES string of the molecule is Cc1ccn(-c2ccccc2CNC(=O)C[C@@](C)(O)c2ccccc2)n1. The highest BCUT2D eigenvalue weighted by molar-refractivity contribution is 5.77. The molecule has 0 saturated carbocycles. The smallest absolute Gasteiger partial charge is 0.223 e. The molecule has 3 aromatic rings. The summed E-state index contributed by atoms with van der Waals surface area (Å²) in [7, 11) is 0. The third-order valence-electron chi connectivity index (χ3n) is 4.34. The number of carbonyl (C=O) groups excluding carboxylic acids is 1. The van der Waals surface area contributed by atoms with Crippen molar-refractivity contribution < 1.29 is 9.90 Å². The molecular formula is C21H23N3O2. The number of hydrogen-bond acceptors (Lipinski definition) is 3. The number of para-hydroxylation sites is 1. The molecule has 5 heteroatoms. The van der Waals surface area contributed by atoms with Gasteiger partial charge in [-0.1, -0.05) is 48.5 Å². The largest absolute Gasteiger partial charge is 0.385 e. The molecule has 134 valence electrons. The molecule has 0 aliphatic rings. The maximum atomic E-state index is 12.4. The molecule has 0 saturated heterocycles. The Kier molecular flexibility index (Phi) is 5.19. The van der Waals surface area contributed by atoms with Crippen LogP contribution < -0.4 is 5.32 Å². The van der Waals surface area contributed by atoms with Crippen molar-refractivity contribution in [2.75, 3.05) is 0 Å². The summed E-state index contributed by atoms with van der Waals surface area (Å²) in [6.45, 7) is 3.97. The van der Waals surface area contributed by atoms with E-state index < -0.39 is 5.60 Å². The molecule has 26 heavy (non-hydrogen) atoms. The van der Waals surface area contributed by atoms with Crippen LogP contribution in [0.4, 0.5) is 0 Å². The topological polar surface area (TPSA) is 67.2 Å². The number of amides is 1. The summed E-state index contributed by atoms with van der Waals surface area (Å²) in [5.41, 5.74) is 2.34. The molecule has 2 aromatic carbocycles. The number of hydrogen-bond donors (Lipinski definition) is 2. The van der Waals surface area contributed by atoms with E-state index in [1.807, 2.05) is 73.8 Å². The van der Waals surface area contributed by atoms with Crippen molar-refractivity contribution in [3.05, 3.63) is 83.7 Å². The molecule has 0 aliphatic carbocycles. The quantitative estimate of drug-likeness (QED) is 0.719. The van der Waals surface area contributed by atoms with Gasteiger partial charge in [0.2, 0.25) is 5.91 Å². The van der Waals surface area contributed by atoms with Gasteiger partial charge in [-0.3, -0.25) is 4.79 Å². The van der Waals surface area contributed by atoms with Crippen LogP contribution in [0.2, 0.25) is 0 Å². The van der Waals surface area contributed by atoms with Gasteiger partial charge in [0, 0.05) is 12.7 Å². The number of nitrogens with one attached hydrogen (secondary N) is 1. The Morgan fingerprint density at radius 2 is 1.81 bits per heavy atom. The predicted molar refractivity (Wildman–Crippen MR) is 101 cm³/mol. The van der Waals surface area contributed by atoms with Crippen LogP contribution in [0.5, 0.6) is 0 Å². The summed E-state index contributed by atoms with van der Waals surface area (Å²) < 4.78 is 1.80. The lowest BCUT2D eigenvalue weighted by molar-refractivity contribution is -0.126. The van der Waals surface area contributed by atoms with Crippen molar-refractivity contribution in [2.24, 2.45) is 0 Å². The van der Waals surface area contributed by atoms with E-state index in [1.165, 1.54) is 0 Å². The van der Waals surface area contributed by atoms with Crippen LogP contribution in [-0.2, 0) is 16.9 Å². The third-order valence-corrected chi connectivity index (χ3v) is 4.34. The van der Waals surface area contributed by atoms with Crippen LogP contribution in [0.1, 0.15) is 30.2 Å². The average molecular weight is 349 g/mol. The van der Waals surface area contributed by atoms with E-state index in [9.17, 15) is 9.90 Å². The highest BCUT2D eigenvalue weighted by atomic mass is 16.3. The van der Waals surface area contributed by atoms with Gasteiger partial charge in [-0.15, -0.1) is 0 Å². The van der Waals surface area contributed by atoms with E-state index in [-0.39, 0.29) is 12.3 Å². The number of aryl methyl sites for hydroxylation is 1. The van der Waals surface area contributed by atoms with Crippen molar-refractivity contribution in [3.8, 4) is 5.69 Å². The number of aliphatic hydroxyl groups is 1. The number of aromatic nitrogens is 2. The Morgan fingerprint density at radius 1 is 1.12 bits per heavy atom. The fraction of sp³-hybridized carbons (Fsp3) is 0.238. The monoisotopic (exact) mass is 349 g/mol. The van der Waals surface area contributed by atoms with Crippen LogP contribution in [-0.4, -0.2) is 20.8 Å². The molecule has 1 aromatic heterocycles. The van der Waals surface area contributed by atoms with Crippen molar-refractivity contribution in [1.29, 1.82) is 0 Å². The molecule has 1 atom stereocenters. The minimum atomic E-state index is -1.20. The van der Waals surface area contributed by atoms with E-state index in [0.717, 1.165) is 22.5 Å². The maximum Gasteiger partial charge on any atom is 0.223 e. The summed E-state index contributed by atoms with van der Waals surface area (Å²) in [5.74, 6) is -0.203. The van der Waals surface area contributed by atoms with Crippen LogP contribution >= 0.6 is 0 Å². The number of nitrogens with zero attached hydrogens (tertiary/aromatic N) is 2. The Balaban J connectivity index is 1.67. The highest BCUT2D eigenvalue weighted by Gasteiger charge is 2.26. The van der Waals surface area contributed by atoms with Gasteiger partial charge in [-0.2, -0.15) is 5.10 Å². The molecule has 0 fully saturated rings. The fourth-order valence-corrected chi connectivity index (χ4v) is 2.90. The molecular weight excluding hydrogens is 326 g/mol. The molecule has 1 heterocycles. The first-order valence-corrected chi connectivity index (χ1v) is 8.61. The molecule has 1 amide bonds. The first-order valence-electron chi connectivity index (χ1n) is 8.61. The molecule has 0 bridgehead atoms. The number of rotatable bonds is 6. The maximum absolute atomic E-state index is 12.4. The van der Waals surface area contributed by atoms with Crippen molar-refractivity contribution in [3.63, 3.8) is 0 Å². The van der Waals surface area contributed by atoms with Crippen molar-refractivity contribution in [2.45, 2.75) is 32.4 Å². The summed E-state index contributed by atoms with van der Waals surface area (Å²) in [4.78, 5) is 12.4. The zero-order chi connectivity index (χ0) is 18.6. The van der Waals surface area contributed by atoms with Crippen LogP contribution in [0.3, 0.4) is 0 Å². The fourth-order valence-electron chi connectivity index (χ4n) is 2.90. The number of benzene rings is 2. The lowest BCUT2D eigenvalue weighted by Crippen LogP contribution is -2.32. The molecule has 0 radical (unpaired) electrons. The van der Waals surface area contributed by atoms with Gasteiger partial charge in [0.15, 0.2) is 0 Å². The van der Waals surface area contributed by atoms with E-state index in [4.69, 9.17) is 0 Å². The summed E-state index contributed by atoms with van der Waals surface area (Å²) in [6.07, 6.45) is 1.90. The molecule has 5 nitrogen and oxygen atoms in total. The highest BCUT2D eigenvalue weighted by Crippen LogP contribution is 2.24. The molecule has 0 unspecified atom stereocenters. The minimum absolute atomic E-state index is 0.0000578. The molecule has 0 aliphatic heterocycles. The van der Waals surface area contributed by atoms with Gasteiger partial charge in [0.25, 0.3) is 0 Å². The van der Waals surface area contributed by atoms with Gasteiger partial charge >= 0.3 is 0 Å². The van der Waals surface area contributed by atoms with E-state index in [2.05, 4.69) is 10.4 Å². The predicted octanol–water partition coefficient (Wildman–Crippen LogP) is 3.09. The third kappa shape index (κ3) is 4.18. The van der Waals surface area contributed by atoms with E-state index >= 15 is 0 Å². The van der Waals surface area contributed by atoms with Gasteiger partial charge < -0.3 is 10.4 Å². The zero-order valence-electron chi connectivity index (χ0n) is 15.0. The molecule has 2 N–H and O–H groups in total. The standard InChI is InChI=1S/C21H23N3O2/c1-16-12-13-24(23-16)19-11-7-6-8-17(19)15-22-20(25)14-21(2,26)18-9-4-3-5-10-18/h3-13,26H,14-15H2,1-2H3,(H,22,25)/t21-/m1/s1. The summed E-state index contributed by atoms with van der Waals surface area (Å²) >= 11 is 0. The van der Waals surface area contributed by atoms with Crippen molar-refractivity contribution >= 4 is 5.91 Å². The van der Waals surface area contributed by atoms with E-state index in [1.54, 1.807) is 11.6 Å². The Morgan fingerprint density at radius 3 is 2.50 bits per heavy atom. The second-order valence-electron chi connectivity index (χ2n) is 6.62. The first-order chi connectivity index (χ1) is 12.5. The second-order valence-corrected chi connectivity index (χ2v) is 6.62. The second kappa shape index (κ2) is 7.54. The van der Waals surface area contributed by atoms with Crippen LogP contribution in [0.15, 0.2) is 66.9 Å². The van der Waals surface area contributed by atoms with Crippen LogP contribution in [0.25, 0.3) is 5.69 Å². The average Bonchev–Trinajstić information content (AvgIpc) is 3.07. The molecule has 0 spiro atoms. The van der Waals surface area contributed by atoms with Crippen molar-refractivity contribution in [1.82, 2.24) is 15.1 Å². The van der Waals surface area contributed by atoms with Gasteiger partial charge in [0.1, 0.15) is 0 Å². The zero-order valence-corrected chi connectivity index (χ0v) is 15.0. The Bertz CT molecular complexity index is 885.